The van der Waals surface area contributed by atoms with Crippen LogP contribution in [0.4, 0.5) is 34.1 Å². The summed E-state index contributed by atoms with van der Waals surface area (Å²) in [7, 11) is 0. The predicted octanol–water partition coefficient (Wildman–Crippen LogP) is 17.2. The van der Waals surface area contributed by atoms with Gasteiger partial charge in [0.2, 0.25) is 0 Å². The fourth-order valence-electron chi connectivity index (χ4n) is 12.3. The van der Waals surface area contributed by atoms with Gasteiger partial charge in [-0.1, -0.05) is 162 Å². The van der Waals surface area contributed by atoms with Crippen molar-refractivity contribution in [3.05, 3.63) is 168 Å². The SMILES string of the molecule is CC(C)(C)c1cc2c3c(c1)N1c4c(cc(C(C)(C)C)cc4-n4c5ccc(C(C)(C)C)cc5c5cc(C(C)(C)C)cc1c54)B3c1oc3ccc(-c4ccccc4)cc3c1N2c1cccc2c1sc1ccccc12. The van der Waals surface area contributed by atoms with Crippen molar-refractivity contribution < 1.29 is 4.42 Å². The van der Waals surface area contributed by atoms with Crippen LogP contribution < -0.4 is 26.4 Å². The average Bonchev–Trinajstić information content (AvgIpc) is 4.02. The minimum Gasteiger partial charge on any atom is -0.468 e. The molecule has 3 aromatic heterocycles. The van der Waals surface area contributed by atoms with Gasteiger partial charge in [-0.05, 0) is 133 Å². The molecule has 11 aromatic rings. The highest BCUT2D eigenvalue weighted by Crippen LogP contribution is 2.56. The van der Waals surface area contributed by atoms with Gasteiger partial charge in [0.1, 0.15) is 5.58 Å². The van der Waals surface area contributed by atoms with Crippen molar-refractivity contribution in [2.45, 2.75) is 105 Å². The van der Waals surface area contributed by atoms with Crippen LogP contribution in [0.5, 0.6) is 0 Å². The van der Waals surface area contributed by atoms with Crippen LogP contribution in [0, 0.1) is 0 Å². The summed E-state index contributed by atoms with van der Waals surface area (Å²) in [6.07, 6.45) is 0. The number of anilines is 6. The van der Waals surface area contributed by atoms with Crippen molar-refractivity contribution in [3.8, 4) is 16.8 Å². The Labute approximate surface area is 427 Å². The smallest absolute Gasteiger partial charge is 0.297 e. The Hall–Kier alpha value is -7.02. The number of rotatable bonds is 2. The highest BCUT2D eigenvalue weighted by atomic mass is 32.1. The Balaban J connectivity index is 1.18. The van der Waals surface area contributed by atoms with E-state index in [0.29, 0.717) is 0 Å². The summed E-state index contributed by atoms with van der Waals surface area (Å²) in [5.41, 5.74) is 22.6. The molecule has 354 valence electrons. The number of hydrogen-bond donors (Lipinski definition) is 0. The van der Waals surface area contributed by atoms with Crippen LogP contribution in [0.2, 0.25) is 0 Å². The van der Waals surface area contributed by atoms with Gasteiger partial charge in [-0.2, -0.15) is 0 Å². The Bertz CT molecular complexity index is 4160. The number of nitrogens with zero attached hydrogens (tertiary/aromatic N) is 3. The second-order valence-corrected chi connectivity index (χ2v) is 26.1. The molecule has 4 nitrogen and oxygen atoms in total. The third kappa shape index (κ3) is 6.05. The Morgan fingerprint density at radius 3 is 1.76 bits per heavy atom. The van der Waals surface area contributed by atoms with E-state index in [1.165, 1.54) is 120 Å². The fourth-order valence-corrected chi connectivity index (χ4v) is 13.5. The van der Waals surface area contributed by atoms with E-state index in [1.807, 2.05) is 11.3 Å². The van der Waals surface area contributed by atoms with Crippen molar-refractivity contribution in [2.75, 3.05) is 9.80 Å². The van der Waals surface area contributed by atoms with Crippen LogP contribution in [0.3, 0.4) is 0 Å². The molecule has 0 amide bonds. The Morgan fingerprint density at radius 2 is 1.04 bits per heavy atom. The van der Waals surface area contributed by atoms with Crippen LogP contribution in [0.25, 0.3) is 69.8 Å². The molecule has 0 bridgehead atoms. The van der Waals surface area contributed by atoms with E-state index in [2.05, 4.69) is 243 Å². The van der Waals surface area contributed by atoms with Gasteiger partial charge in [-0.25, -0.2) is 0 Å². The minimum atomic E-state index is -0.200. The van der Waals surface area contributed by atoms with E-state index in [1.54, 1.807) is 0 Å². The van der Waals surface area contributed by atoms with Crippen molar-refractivity contribution in [2.24, 2.45) is 0 Å². The summed E-state index contributed by atoms with van der Waals surface area (Å²) in [4.78, 5) is 5.32. The normalized spacial score (nSPS) is 14.3. The lowest BCUT2D eigenvalue weighted by atomic mass is 9.35. The summed E-state index contributed by atoms with van der Waals surface area (Å²) in [6, 6.07) is 55.9. The van der Waals surface area contributed by atoms with Gasteiger partial charge < -0.3 is 18.8 Å². The van der Waals surface area contributed by atoms with E-state index in [-0.39, 0.29) is 28.4 Å². The molecular weight excluding hydrogens is 894 g/mol. The van der Waals surface area contributed by atoms with Crippen LogP contribution in [0.1, 0.15) is 105 Å². The van der Waals surface area contributed by atoms with E-state index < -0.39 is 0 Å². The molecule has 8 aromatic carbocycles. The van der Waals surface area contributed by atoms with Gasteiger partial charge in [0.25, 0.3) is 6.71 Å². The molecular formula is C66H60BN3OS. The molecule has 0 radical (unpaired) electrons. The van der Waals surface area contributed by atoms with Crippen LogP contribution >= 0.6 is 11.3 Å². The van der Waals surface area contributed by atoms with Crippen LogP contribution in [0.15, 0.2) is 150 Å². The molecule has 6 heterocycles. The van der Waals surface area contributed by atoms with Crippen LogP contribution in [-0.4, -0.2) is 11.3 Å². The van der Waals surface area contributed by atoms with Crippen molar-refractivity contribution in [1.82, 2.24) is 4.57 Å². The lowest BCUT2D eigenvalue weighted by Crippen LogP contribution is -2.61. The van der Waals surface area contributed by atoms with E-state index in [0.717, 1.165) is 22.3 Å². The first-order valence-corrected chi connectivity index (χ1v) is 26.7. The molecule has 0 saturated carbocycles. The molecule has 0 saturated heterocycles. The summed E-state index contributed by atoms with van der Waals surface area (Å²) >= 11 is 1.89. The lowest BCUT2D eigenvalue weighted by molar-refractivity contribution is 0.589. The molecule has 3 aliphatic heterocycles. The zero-order valence-electron chi connectivity index (χ0n) is 43.6. The van der Waals surface area contributed by atoms with Gasteiger partial charge in [0, 0.05) is 43.0 Å². The quantitative estimate of drug-likeness (QED) is 0.161. The summed E-state index contributed by atoms with van der Waals surface area (Å²) in [6.45, 7) is 28.1. The maximum Gasteiger partial charge on any atom is 0.297 e. The van der Waals surface area contributed by atoms with Crippen molar-refractivity contribution in [3.63, 3.8) is 0 Å². The number of furan rings is 1. The Kier molecular flexibility index (Phi) is 8.72. The molecule has 0 fully saturated rings. The zero-order chi connectivity index (χ0) is 49.7. The molecule has 14 rings (SSSR count). The molecule has 72 heavy (non-hydrogen) atoms. The summed E-state index contributed by atoms with van der Waals surface area (Å²) in [5.74, 6) is 0. The molecule has 0 N–H and O–H groups in total. The molecule has 0 unspecified atom stereocenters. The van der Waals surface area contributed by atoms with Crippen LogP contribution in [-0.2, 0) is 21.7 Å². The molecule has 3 aliphatic rings. The maximum absolute atomic E-state index is 7.59. The first-order valence-electron chi connectivity index (χ1n) is 25.9. The third-order valence-corrected chi connectivity index (χ3v) is 17.5. The van der Waals surface area contributed by atoms with E-state index in [9.17, 15) is 0 Å². The number of hydrogen-bond acceptors (Lipinski definition) is 4. The van der Waals surface area contributed by atoms with Gasteiger partial charge in [0.15, 0.2) is 0 Å². The second kappa shape index (κ2) is 14.4. The maximum atomic E-state index is 7.59. The molecule has 6 heteroatoms. The van der Waals surface area contributed by atoms with Crippen molar-refractivity contribution in [1.29, 1.82) is 0 Å². The fraction of sp³-hybridized carbons (Fsp3) is 0.242. The topological polar surface area (TPSA) is 24.6 Å². The third-order valence-electron chi connectivity index (χ3n) is 16.3. The van der Waals surface area contributed by atoms with Crippen molar-refractivity contribution >= 4 is 122 Å². The van der Waals surface area contributed by atoms with Gasteiger partial charge in [0.05, 0.1) is 49.8 Å². The largest absolute Gasteiger partial charge is 0.468 e. The standard InChI is InChI=1S/C66H60BN3OS/c1-63(2,3)39-26-27-49-45(30-39)46-31-40(64(4,5)6)35-53-58(46)68(49)54-36-41(65(7,8)9)32-48-60(54)70(53)52-34-42(66(10,11)12)33-51-57(52)67(48)62-59(47-29-38(25-28-55(47)71-62)37-19-14-13-15-20-37)69(51)50-23-18-22-44-43-21-16-17-24-56(43)72-61(44)50/h13-36H,1-12H3. The Morgan fingerprint density at radius 1 is 0.431 bits per heavy atom. The lowest BCUT2D eigenvalue weighted by Gasteiger charge is -2.46. The number of fused-ring (bicyclic) bond motifs is 14. The molecule has 0 atom stereocenters. The highest BCUT2D eigenvalue weighted by molar-refractivity contribution is 7.26. The second-order valence-electron chi connectivity index (χ2n) is 25.1. The first kappa shape index (κ1) is 43.7. The van der Waals surface area contributed by atoms with Gasteiger partial charge >= 0.3 is 0 Å². The summed E-state index contributed by atoms with van der Waals surface area (Å²) < 4.78 is 12.8. The van der Waals surface area contributed by atoms with E-state index >= 15 is 0 Å². The number of benzene rings is 8. The summed E-state index contributed by atoms with van der Waals surface area (Å²) in [5, 5.41) is 6.30. The van der Waals surface area contributed by atoms with Gasteiger partial charge in [-0.15, -0.1) is 11.3 Å². The predicted molar refractivity (Wildman–Crippen MR) is 311 cm³/mol. The number of aromatic nitrogens is 1. The minimum absolute atomic E-state index is 0.00788. The average molecular weight is 954 g/mol. The first-order chi connectivity index (χ1) is 34.2. The number of thiophene rings is 1. The monoisotopic (exact) mass is 953 g/mol. The zero-order valence-corrected chi connectivity index (χ0v) is 44.4. The molecule has 0 spiro atoms. The van der Waals surface area contributed by atoms with Gasteiger partial charge in [-0.3, -0.25) is 0 Å². The molecule has 0 aliphatic carbocycles. The van der Waals surface area contributed by atoms with E-state index in [4.69, 9.17) is 4.42 Å². The highest BCUT2D eigenvalue weighted by Gasteiger charge is 2.50.